The van der Waals surface area contributed by atoms with Crippen LogP contribution in [-0.2, 0) is 4.79 Å². The minimum Gasteiger partial charge on any atom is -0.328 e. The van der Waals surface area contributed by atoms with Gasteiger partial charge in [-0.15, -0.1) is 6.42 Å². The number of carbonyl (C=O) groups excluding carboxylic acids is 1. The van der Waals surface area contributed by atoms with Gasteiger partial charge >= 0.3 is 0 Å². The summed E-state index contributed by atoms with van der Waals surface area (Å²) in [5, 5.41) is 0. The molecule has 1 rings (SSSR count). The predicted octanol–water partition coefficient (Wildman–Crippen LogP) is -0.431. The Morgan fingerprint density at radius 1 is 1.82 bits per heavy atom. The molecule has 1 unspecified atom stereocenters. The zero-order valence-corrected chi connectivity index (χ0v) is 6.42. The second kappa shape index (κ2) is 3.40. The Labute approximate surface area is 66.5 Å². The summed E-state index contributed by atoms with van der Waals surface area (Å²) in [6.45, 7) is 1.29. The Morgan fingerprint density at radius 2 is 2.55 bits per heavy atom. The summed E-state index contributed by atoms with van der Waals surface area (Å²) in [7, 11) is 0. The van der Waals surface area contributed by atoms with E-state index in [0.29, 0.717) is 6.54 Å². The fourth-order valence-corrected chi connectivity index (χ4v) is 1.43. The van der Waals surface area contributed by atoms with Gasteiger partial charge in [-0.2, -0.15) is 0 Å². The number of amides is 1. The fourth-order valence-electron chi connectivity index (χ4n) is 1.43. The largest absolute Gasteiger partial charge is 0.328 e. The van der Waals surface area contributed by atoms with E-state index in [-0.39, 0.29) is 11.9 Å². The lowest BCUT2D eigenvalue weighted by molar-refractivity contribution is -0.125. The van der Waals surface area contributed by atoms with Gasteiger partial charge in [0, 0.05) is 19.1 Å². The summed E-state index contributed by atoms with van der Waals surface area (Å²) in [4.78, 5) is 12.7. The fraction of sp³-hybridized carbons (Fsp3) is 0.625. The summed E-state index contributed by atoms with van der Waals surface area (Å²) >= 11 is 0. The Bertz CT molecular complexity index is 195. The van der Waals surface area contributed by atoms with Gasteiger partial charge in [-0.3, -0.25) is 4.79 Å². The van der Waals surface area contributed by atoms with Gasteiger partial charge in [-0.1, -0.05) is 0 Å². The van der Waals surface area contributed by atoms with E-state index in [0.717, 1.165) is 19.4 Å². The van der Waals surface area contributed by atoms with E-state index in [1.165, 1.54) is 0 Å². The van der Waals surface area contributed by atoms with Crippen LogP contribution in [0.5, 0.6) is 0 Å². The van der Waals surface area contributed by atoms with Crippen molar-refractivity contribution in [3.05, 3.63) is 0 Å². The van der Waals surface area contributed by atoms with Crippen LogP contribution in [0.2, 0.25) is 0 Å². The second-order valence-corrected chi connectivity index (χ2v) is 2.67. The van der Waals surface area contributed by atoms with Crippen LogP contribution in [-0.4, -0.2) is 29.9 Å². The van der Waals surface area contributed by atoms with Crippen LogP contribution < -0.4 is 5.73 Å². The minimum atomic E-state index is -0.224. The highest BCUT2D eigenvalue weighted by atomic mass is 16.2. The SMILES string of the molecule is C#CC(=O)N1CCCC1CN. The van der Waals surface area contributed by atoms with E-state index in [1.54, 1.807) is 4.90 Å². The van der Waals surface area contributed by atoms with Crippen molar-refractivity contribution in [2.24, 2.45) is 5.73 Å². The van der Waals surface area contributed by atoms with Crippen LogP contribution in [0.4, 0.5) is 0 Å². The number of nitrogens with zero attached hydrogens (tertiary/aromatic N) is 1. The van der Waals surface area contributed by atoms with Crippen LogP contribution in [0.25, 0.3) is 0 Å². The number of carbonyl (C=O) groups is 1. The lowest BCUT2D eigenvalue weighted by Crippen LogP contribution is -2.39. The summed E-state index contributed by atoms with van der Waals surface area (Å²) in [5.74, 6) is 1.88. The Balaban J connectivity index is 2.58. The Kier molecular flexibility index (Phi) is 2.50. The highest BCUT2D eigenvalue weighted by Crippen LogP contribution is 2.15. The average Bonchev–Trinajstić information content (AvgIpc) is 2.50. The third-order valence-corrected chi connectivity index (χ3v) is 2.03. The van der Waals surface area contributed by atoms with Crippen LogP contribution in [0, 0.1) is 12.3 Å². The molecule has 3 nitrogen and oxygen atoms in total. The average molecular weight is 152 g/mol. The van der Waals surface area contributed by atoms with Crippen molar-refractivity contribution in [2.45, 2.75) is 18.9 Å². The minimum absolute atomic E-state index is 0.179. The third-order valence-electron chi connectivity index (χ3n) is 2.03. The van der Waals surface area contributed by atoms with E-state index in [4.69, 9.17) is 12.2 Å². The quantitative estimate of drug-likeness (QED) is 0.518. The monoisotopic (exact) mass is 152 g/mol. The van der Waals surface area contributed by atoms with E-state index < -0.39 is 0 Å². The van der Waals surface area contributed by atoms with Gasteiger partial charge in [0.2, 0.25) is 0 Å². The van der Waals surface area contributed by atoms with Gasteiger partial charge in [0.05, 0.1) is 0 Å². The van der Waals surface area contributed by atoms with E-state index >= 15 is 0 Å². The summed E-state index contributed by atoms with van der Waals surface area (Å²) in [5.41, 5.74) is 5.45. The molecule has 1 aliphatic heterocycles. The molecule has 1 amide bonds. The molecule has 1 atom stereocenters. The van der Waals surface area contributed by atoms with Crippen LogP contribution in [0.3, 0.4) is 0 Å². The smallest absolute Gasteiger partial charge is 0.298 e. The highest BCUT2D eigenvalue weighted by Gasteiger charge is 2.25. The van der Waals surface area contributed by atoms with Crippen LogP contribution in [0.1, 0.15) is 12.8 Å². The molecule has 3 heteroatoms. The van der Waals surface area contributed by atoms with Crippen molar-refractivity contribution in [3.63, 3.8) is 0 Å². The van der Waals surface area contributed by atoms with Crippen molar-refractivity contribution in [3.8, 4) is 12.3 Å². The number of terminal acetylenes is 1. The molecule has 0 radical (unpaired) electrons. The molecule has 11 heavy (non-hydrogen) atoms. The molecule has 0 saturated carbocycles. The first kappa shape index (κ1) is 8.09. The molecule has 0 spiro atoms. The van der Waals surface area contributed by atoms with Crippen molar-refractivity contribution in [1.29, 1.82) is 0 Å². The van der Waals surface area contributed by atoms with E-state index in [2.05, 4.69) is 5.92 Å². The number of hydrogen-bond donors (Lipinski definition) is 1. The molecule has 2 N–H and O–H groups in total. The zero-order chi connectivity index (χ0) is 8.27. The number of hydrogen-bond acceptors (Lipinski definition) is 2. The van der Waals surface area contributed by atoms with Crippen molar-refractivity contribution >= 4 is 5.91 Å². The lowest BCUT2D eigenvalue weighted by atomic mass is 10.2. The molecule has 1 aliphatic rings. The third kappa shape index (κ3) is 1.52. The highest BCUT2D eigenvalue weighted by molar-refractivity contribution is 5.93. The maximum Gasteiger partial charge on any atom is 0.298 e. The van der Waals surface area contributed by atoms with Gasteiger partial charge < -0.3 is 10.6 Å². The topological polar surface area (TPSA) is 46.3 Å². The summed E-state index contributed by atoms with van der Waals surface area (Å²) in [6.07, 6.45) is 7.00. The van der Waals surface area contributed by atoms with Gasteiger partial charge in [-0.25, -0.2) is 0 Å². The molecular formula is C8H12N2O. The lowest BCUT2D eigenvalue weighted by Gasteiger charge is -2.20. The molecular weight excluding hydrogens is 140 g/mol. The Hall–Kier alpha value is -1.01. The first-order valence-electron chi connectivity index (χ1n) is 3.77. The van der Waals surface area contributed by atoms with Gasteiger partial charge in [0.25, 0.3) is 5.91 Å². The molecule has 0 aromatic heterocycles. The van der Waals surface area contributed by atoms with Crippen LogP contribution in [0.15, 0.2) is 0 Å². The van der Waals surface area contributed by atoms with E-state index in [9.17, 15) is 4.79 Å². The number of likely N-dealkylation sites (tertiary alicyclic amines) is 1. The normalized spacial score (nSPS) is 23.3. The molecule has 0 aromatic rings. The van der Waals surface area contributed by atoms with Crippen molar-refractivity contribution < 1.29 is 4.79 Å². The van der Waals surface area contributed by atoms with Crippen molar-refractivity contribution in [2.75, 3.05) is 13.1 Å². The molecule has 1 fully saturated rings. The zero-order valence-electron chi connectivity index (χ0n) is 6.42. The number of rotatable bonds is 1. The van der Waals surface area contributed by atoms with Crippen LogP contribution >= 0.6 is 0 Å². The molecule has 1 heterocycles. The number of nitrogens with two attached hydrogens (primary N) is 1. The second-order valence-electron chi connectivity index (χ2n) is 2.67. The molecule has 60 valence electrons. The molecule has 0 bridgehead atoms. The first-order valence-corrected chi connectivity index (χ1v) is 3.77. The van der Waals surface area contributed by atoms with Gasteiger partial charge in [0.1, 0.15) is 0 Å². The first-order chi connectivity index (χ1) is 5.29. The van der Waals surface area contributed by atoms with Gasteiger partial charge in [0.15, 0.2) is 0 Å². The molecule has 0 aromatic carbocycles. The Morgan fingerprint density at radius 3 is 3.09 bits per heavy atom. The maximum absolute atomic E-state index is 11.0. The van der Waals surface area contributed by atoms with Gasteiger partial charge in [-0.05, 0) is 18.8 Å². The predicted molar refractivity (Wildman–Crippen MR) is 42.6 cm³/mol. The summed E-state index contributed by atoms with van der Waals surface area (Å²) in [6, 6.07) is 0.179. The van der Waals surface area contributed by atoms with Crippen molar-refractivity contribution in [1.82, 2.24) is 4.90 Å². The standard InChI is InChI=1S/C8H12N2O/c1-2-8(11)10-5-3-4-7(10)6-9/h1,7H,3-6,9H2. The van der Waals surface area contributed by atoms with E-state index in [1.807, 2.05) is 0 Å². The maximum atomic E-state index is 11.0. The molecule has 1 saturated heterocycles. The molecule has 0 aliphatic carbocycles. The summed E-state index contributed by atoms with van der Waals surface area (Å²) < 4.78 is 0.